The third-order valence-corrected chi connectivity index (χ3v) is 7.49. The molecule has 0 saturated carbocycles. The Hall–Kier alpha value is -2.16. The number of hydrogen-bond acceptors (Lipinski definition) is 6. The maximum absolute atomic E-state index is 12.6. The molecule has 0 aliphatic carbocycles. The molecule has 3 aromatic rings. The molecule has 6 nitrogen and oxygen atoms in total. The number of hydrogen-bond donors (Lipinski definition) is 1. The molecule has 1 N–H and O–H groups in total. The fourth-order valence-electron chi connectivity index (χ4n) is 3.92. The van der Waals surface area contributed by atoms with E-state index in [1.54, 1.807) is 0 Å². The van der Waals surface area contributed by atoms with Gasteiger partial charge in [-0.15, -0.1) is 0 Å². The number of nitrogens with one attached hydrogen (secondary N) is 1. The van der Waals surface area contributed by atoms with Crippen molar-refractivity contribution in [3.05, 3.63) is 70.0 Å². The zero-order valence-electron chi connectivity index (χ0n) is 18.8. The number of benzene rings is 2. The van der Waals surface area contributed by atoms with Crippen LogP contribution in [0.3, 0.4) is 0 Å². The molecule has 33 heavy (non-hydrogen) atoms. The highest BCUT2D eigenvalue weighted by Crippen LogP contribution is 2.22. The van der Waals surface area contributed by atoms with Crippen molar-refractivity contribution in [2.45, 2.75) is 32.1 Å². The van der Waals surface area contributed by atoms with Crippen LogP contribution in [0.5, 0.6) is 0 Å². The van der Waals surface area contributed by atoms with Crippen LogP contribution in [-0.2, 0) is 17.1 Å². The van der Waals surface area contributed by atoms with Crippen molar-refractivity contribution in [3.8, 4) is 11.4 Å². The van der Waals surface area contributed by atoms with Gasteiger partial charge in [0, 0.05) is 34.0 Å². The minimum atomic E-state index is 0.0867. The van der Waals surface area contributed by atoms with Gasteiger partial charge in [-0.05, 0) is 68.2 Å². The molecule has 0 radical (unpaired) electrons. The van der Waals surface area contributed by atoms with Crippen LogP contribution in [0.4, 0.5) is 0 Å². The first-order valence-electron chi connectivity index (χ1n) is 11.3. The van der Waals surface area contributed by atoms with Crippen LogP contribution in [0.25, 0.3) is 11.4 Å². The average Bonchev–Trinajstić information content (AvgIpc) is 3.29. The molecule has 2 aromatic carbocycles. The van der Waals surface area contributed by atoms with Crippen LogP contribution < -0.4 is 5.32 Å². The maximum Gasteiger partial charge on any atom is 0.241 e. The molecule has 1 fully saturated rings. The van der Waals surface area contributed by atoms with Crippen LogP contribution in [0.15, 0.2) is 57.5 Å². The Morgan fingerprint density at radius 3 is 2.70 bits per heavy atom. The van der Waals surface area contributed by atoms with E-state index < -0.39 is 0 Å². The Morgan fingerprint density at radius 2 is 1.94 bits per heavy atom. The van der Waals surface area contributed by atoms with Crippen LogP contribution in [0.2, 0.25) is 0 Å². The Labute approximate surface area is 207 Å². The monoisotopic (exact) mass is 528 g/mol. The Balaban J connectivity index is 1.14. The lowest BCUT2D eigenvalue weighted by atomic mass is 9.96. The number of likely N-dealkylation sites (tertiary alicyclic amines) is 1. The molecule has 1 aliphatic rings. The zero-order valence-corrected chi connectivity index (χ0v) is 21.2. The van der Waals surface area contributed by atoms with Crippen molar-refractivity contribution < 1.29 is 9.32 Å². The highest BCUT2D eigenvalue weighted by atomic mass is 79.9. The van der Waals surface area contributed by atoms with E-state index in [4.69, 9.17) is 4.52 Å². The molecule has 174 valence electrons. The van der Waals surface area contributed by atoms with Gasteiger partial charge in [-0.3, -0.25) is 9.69 Å². The summed E-state index contributed by atoms with van der Waals surface area (Å²) >= 11 is 5.30. The molecule has 1 saturated heterocycles. The quantitative estimate of drug-likeness (QED) is 0.391. The average molecular weight is 530 g/mol. The molecule has 0 spiro atoms. The van der Waals surface area contributed by atoms with Gasteiger partial charge in [0.1, 0.15) is 0 Å². The molecule has 0 bridgehead atoms. The molecule has 2 heterocycles. The van der Waals surface area contributed by atoms with Gasteiger partial charge in [-0.25, -0.2) is 0 Å². The van der Waals surface area contributed by atoms with Gasteiger partial charge < -0.3 is 9.84 Å². The standard InChI is InChI=1S/C25H29BrN4O2S/c1-18-4-2-3-5-21(18)17-33-15-12-27-25(31)20-10-13-30(14-11-20)16-23-28-24(29-32-23)19-6-8-22(26)9-7-19/h2-9,20H,10-17H2,1H3,(H,27,31). The van der Waals surface area contributed by atoms with Gasteiger partial charge in [0.2, 0.25) is 17.6 Å². The smallest absolute Gasteiger partial charge is 0.241 e. The number of nitrogens with zero attached hydrogens (tertiary/aromatic N) is 3. The Bertz CT molecular complexity index is 1050. The van der Waals surface area contributed by atoms with E-state index in [1.165, 1.54) is 11.1 Å². The largest absolute Gasteiger partial charge is 0.355 e. The molecule has 0 atom stereocenters. The number of amides is 1. The minimum Gasteiger partial charge on any atom is -0.355 e. The van der Waals surface area contributed by atoms with Gasteiger partial charge in [0.15, 0.2) is 0 Å². The van der Waals surface area contributed by atoms with Crippen molar-refractivity contribution in [2.24, 2.45) is 5.92 Å². The number of aromatic nitrogens is 2. The molecule has 1 amide bonds. The predicted octanol–water partition coefficient (Wildman–Crippen LogP) is 5.07. The van der Waals surface area contributed by atoms with E-state index in [2.05, 4.69) is 67.5 Å². The summed E-state index contributed by atoms with van der Waals surface area (Å²) in [5.41, 5.74) is 3.62. The summed E-state index contributed by atoms with van der Waals surface area (Å²) in [6.07, 6.45) is 1.71. The minimum absolute atomic E-state index is 0.0867. The number of carbonyl (C=O) groups is 1. The zero-order chi connectivity index (χ0) is 23.0. The number of carbonyl (C=O) groups excluding carboxylic acids is 1. The summed E-state index contributed by atoms with van der Waals surface area (Å²) < 4.78 is 6.46. The van der Waals surface area contributed by atoms with E-state index in [-0.39, 0.29) is 11.8 Å². The second kappa shape index (κ2) is 11.8. The first kappa shape index (κ1) is 24.0. The molecule has 8 heteroatoms. The molecule has 1 aromatic heterocycles. The first-order chi connectivity index (χ1) is 16.1. The molecule has 4 rings (SSSR count). The van der Waals surface area contributed by atoms with Gasteiger partial charge in [0.05, 0.1) is 6.54 Å². The second-order valence-electron chi connectivity index (χ2n) is 8.34. The third kappa shape index (κ3) is 6.91. The summed E-state index contributed by atoms with van der Waals surface area (Å²) in [6, 6.07) is 16.3. The lowest BCUT2D eigenvalue weighted by Crippen LogP contribution is -2.40. The SMILES string of the molecule is Cc1ccccc1CSCCNC(=O)C1CCN(Cc2nc(-c3ccc(Br)cc3)no2)CC1. The normalized spacial score (nSPS) is 15.0. The number of piperidine rings is 1. The van der Waals surface area contributed by atoms with Crippen molar-refractivity contribution in [1.29, 1.82) is 0 Å². The summed E-state index contributed by atoms with van der Waals surface area (Å²) in [6.45, 7) is 5.19. The number of thioether (sulfide) groups is 1. The van der Waals surface area contributed by atoms with E-state index in [0.29, 0.717) is 18.3 Å². The Morgan fingerprint density at radius 1 is 1.18 bits per heavy atom. The van der Waals surface area contributed by atoms with Crippen LogP contribution in [0, 0.1) is 12.8 Å². The topological polar surface area (TPSA) is 71.3 Å². The van der Waals surface area contributed by atoms with E-state index in [0.717, 1.165) is 54.0 Å². The fourth-order valence-corrected chi connectivity index (χ4v) is 5.12. The van der Waals surface area contributed by atoms with Gasteiger partial charge in [0.25, 0.3) is 0 Å². The second-order valence-corrected chi connectivity index (χ2v) is 10.4. The summed E-state index contributed by atoms with van der Waals surface area (Å²) in [5.74, 6) is 3.40. The lowest BCUT2D eigenvalue weighted by Gasteiger charge is -2.30. The molecule has 0 unspecified atom stereocenters. The van der Waals surface area contributed by atoms with Crippen molar-refractivity contribution >= 4 is 33.6 Å². The predicted molar refractivity (Wildman–Crippen MR) is 136 cm³/mol. The molecule has 1 aliphatic heterocycles. The molecular weight excluding hydrogens is 500 g/mol. The van der Waals surface area contributed by atoms with Crippen molar-refractivity contribution in [2.75, 3.05) is 25.4 Å². The summed E-state index contributed by atoms with van der Waals surface area (Å²) in [5, 5.41) is 7.22. The Kier molecular flexibility index (Phi) is 8.58. The number of halogens is 1. The summed E-state index contributed by atoms with van der Waals surface area (Å²) in [7, 11) is 0. The van der Waals surface area contributed by atoms with E-state index in [9.17, 15) is 4.79 Å². The summed E-state index contributed by atoms with van der Waals surface area (Å²) in [4.78, 5) is 19.4. The molecular formula is C25H29BrN4O2S. The number of rotatable bonds is 9. The third-order valence-electron chi connectivity index (χ3n) is 5.95. The van der Waals surface area contributed by atoms with Gasteiger partial charge in [-0.1, -0.05) is 45.4 Å². The van der Waals surface area contributed by atoms with Crippen LogP contribution >= 0.6 is 27.7 Å². The highest BCUT2D eigenvalue weighted by Gasteiger charge is 2.25. The first-order valence-corrected chi connectivity index (χ1v) is 13.2. The van der Waals surface area contributed by atoms with Gasteiger partial charge in [-0.2, -0.15) is 16.7 Å². The van der Waals surface area contributed by atoms with Crippen LogP contribution in [-0.4, -0.2) is 46.3 Å². The van der Waals surface area contributed by atoms with E-state index in [1.807, 2.05) is 36.0 Å². The maximum atomic E-state index is 12.6. The van der Waals surface area contributed by atoms with Gasteiger partial charge >= 0.3 is 0 Å². The number of aryl methyl sites for hydroxylation is 1. The van der Waals surface area contributed by atoms with E-state index >= 15 is 0 Å². The van der Waals surface area contributed by atoms with Crippen LogP contribution in [0.1, 0.15) is 29.9 Å². The van der Waals surface area contributed by atoms with Crippen molar-refractivity contribution in [1.82, 2.24) is 20.4 Å². The fraction of sp³-hybridized carbons (Fsp3) is 0.400. The highest BCUT2D eigenvalue weighted by molar-refractivity contribution is 9.10. The lowest BCUT2D eigenvalue weighted by molar-refractivity contribution is -0.126. The van der Waals surface area contributed by atoms with Crippen molar-refractivity contribution in [3.63, 3.8) is 0 Å².